The molecule has 0 bridgehead atoms. The van der Waals surface area contributed by atoms with E-state index >= 15 is 0 Å². The monoisotopic (exact) mass is 517 g/mol. The van der Waals surface area contributed by atoms with Crippen LogP contribution in [0.25, 0.3) is 0 Å². The van der Waals surface area contributed by atoms with Gasteiger partial charge in [0.2, 0.25) is 5.95 Å². The summed E-state index contributed by atoms with van der Waals surface area (Å²) in [7, 11) is 0. The zero-order valence-corrected chi connectivity index (χ0v) is 20.0. The van der Waals surface area contributed by atoms with Gasteiger partial charge >= 0.3 is 12.1 Å². The van der Waals surface area contributed by atoms with Gasteiger partial charge in [-0.2, -0.15) is 17.6 Å². The van der Waals surface area contributed by atoms with Crippen molar-refractivity contribution in [3.63, 3.8) is 0 Å². The van der Waals surface area contributed by atoms with Gasteiger partial charge in [0, 0.05) is 36.7 Å². The van der Waals surface area contributed by atoms with Crippen molar-refractivity contribution < 1.29 is 32.2 Å². The van der Waals surface area contributed by atoms with Crippen molar-refractivity contribution in [2.24, 2.45) is 0 Å². The first-order valence-corrected chi connectivity index (χ1v) is 11.7. The van der Waals surface area contributed by atoms with E-state index in [0.717, 1.165) is 56.3 Å². The Labute approximate surface area is 206 Å². The van der Waals surface area contributed by atoms with Gasteiger partial charge < -0.3 is 14.7 Å². The van der Waals surface area contributed by atoms with Gasteiger partial charge in [-0.3, -0.25) is 4.90 Å². The van der Waals surface area contributed by atoms with E-state index in [4.69, 9.17) is 26.2 Å². The van der Waals surface area contributed by atoms with Crippen molar-refractivity contribution in [1.29, 1.82) is 0 Å². The highest BCUT2D eigenvalue weighted by Crippen LogP contribution is 2.27. The summed E-state index contributed by atoms with van der Waals surface area (Å²) in [5, 5.41) is 7.90. The van der Waals surface area contributed by atoms with Crippen LogP contribution in [0, 0.1) is 5.95 Å². The Kier molecular flexibility index (Phi) is 9.32. The third kappa shape index (κ3) is 8.05. The molecule has 1 aromatic carbocycles. The largest absolute Gasteiger partial charge is 0.490 e. The van der Waals surface area contributed by atoms with Crippen molar-refractivity contribution in [3.8, 4) is 0 Å². The summed E-state index contributed by atoms with van der Waals surface area (Å²) < 4.78 is 51.2. The average Bonchev–Trinajstić information content (AvgIpc) is 2.81. The molecule has 2 saturated heterocycles. The van der Waals surface area contributed by atoms with E-state index in [9.17, 15) is 17.6 Å². The molecular formula is C24H28ClF4N3O3. The number of anilines is 1. The second kappa shape index (κ2) is 12.0. The Morgan fingerprint density at radius 1 is 1.17 bits per heavy atom. The molecule has 4 rings (SSSR count). The van der Waals surface area contributed by atoms with Crippen LogP contribution in [0.3, 0.4) is 0 Å². The molecule has 11 heteroatoms. The number of carboxylic acid groups (broad SMARTS) is 1. The number of carbonyl (C=O) groups is 1. The number of piperidine rings is 1. The van der Waals surface area contributed by atoms with Crippen LogP contribution >= 0.6 is 11.6 Å². The summed E-state index contributed by atoms with van der Waals surface area (Å²) in [5.74, 6) is -2.43. The predicted octanol–water partition coefficient (Wildman–Crippen LogP) is 4.81. The molecule has 2 aliphatic rings. The van der Waals surface area contributed by atoms with E-state index in [0.29, 0.717) is 12.1 Å². The Hall–Kier alpha value is -2.43. The van der Waals surface area contributed by atoms with Gasteiger partial charge in [-0.1, -0.05) is 29.8 Å². The highest BCUT2D eigenvalue weighted by atomic mass is 35.5. The Morgan fingerprint density at radius 2 is 1.80 bits per heavy atom. The standard InChI is InChI=1S/C22H27ClFN3O.C2HF3O2/c1-16-14-27(20(15-28-16)13-17-5-7-18(23)8-6-17)19-9-11-26(12-10-19)22-4-2-3-21(24)25-22;3-2(4,5)1(6)7/h2-8,16,19-20H,9-15H2,1H3;(H,6,7)/t16-,20-;/m0./s1. The average molecular weight is 518 g/mol. The maximum atomic E-state index is 13.4. The number of carboxylic acids is 1. The Bertz CT molecular complexity index is 969. The van der Waals surface area contributed by atoms with E-state index in [1.807, 2.05) is 18.2 Å². The maximum Gasteiger partial charge on any atom is 0.490 e. The van der Waals surface area contributed by atoms with E-state index < -0.39 is 18.1 Å². The van der Waals surface area contributed by atoms with Crippen molar-refractivity contribution in [3.05, 3.63) is 59.0 Å². The van der Waals surface area contributed by atoms with Crippen LogP contribution in [0.15, 0.2) is 42.5 Å². The summed E-state index contributed by atoms with van der Waals surface area (Å²) in [6.07, 6.45) is -1.75. The molecular weight excluding hydrogens is 490 g/mol. The minimum atomic E-state index is -5.08. The van der Waals surface area contributed by atoms with E-state index in [-0.39, 0.29) is 6.10 Å². The lowest BCUT2D eigenvalue weighted by Crippen LogP contribution is -2.56. The van der Waals surface area contributed by atoms with Crippen LogP contribution in [-0.4, -0.2) is 71.6 Å². The normalized spacial score (nSPS) is 21.8. The Morgan fingerprint density at radius 3 is 2.37 bits per heavy atom. The third-order valence-corrected chi connectivity index (χ3v) is 6.35. The molecule has 3 heterocycles. The number of pyridine rings is 1. The zero-order valence-electron chi connectivity index (χ0n) is 19.2. The van der Waals surface area contributed by atoms with Crippen LogP contribution in [0.1, 0.15) is 25.3 Å². The number of aromatic nitrogens is 1. The van der Waals surface area contributed by atoms with Gasteiger partial charge in [0.15, 0.2) is 0 Å². The molecule has 2 fully saturated rings. The van der Waals surface area contributed by atoms with Crippen molar-refractivity contribution >= 4 is 23.4 Å². The zero-order chi connectivity index (χ0) is 25.6. The molecule has 2 aromatic rings. The fraction of sp³-hybridized carbons (Fsp3) is 0.500. The van der Waals surface area contributed by atoms with E-state index in [1.54, 1.807) is 6.07 Å². The van der Waals surface area contributed by atoms with E-state index in [2.05, 4.69) is 33.8 Å². The minimum Gasteiger partial charge on any atom is -0.475 e. The molecule has 0 amide bonds. The lowest BCUT2D eigenvalue weighted by atomic mass is 9.96. The molecule has 0 saturated carbocycles. The van der Waals surface area contributed by atoms with Crippen molar-refractivity contribution in [2.45, 2.75) is 50.6 Å². The number of rotatable bonds is 4. The molecule has 1 aromatic heterocycles. The number of aliphatic carboxylic acids is 1. The summed E-state index contributed by atoms with van der Waals surface area (Å²) in [6.45, 7) is 5.68. The van der Waals surface area contributed by atoms with Crippen molar-refractivity contribution in [1.82, 2.24) is 9.88 Å². The van der Waals surface area contributed by atoms with Gasteiger partial charge in [0.05, 0.1) is 12.7 Å². The fourth-order valence-electron chi connectivity index (χ4n) is 4.39. The summed E-state index contributed by atoms with van der Waals surface area (Å²) in [4.78, 5) is 17.8. The molecule has 2 aliphatic heterocycles. The number of nitrogens with zero attached hydrogens (tertiary/aromatic N) is 3. The third-order valence-electron chi connectivity index (χ3n) is 6.10. The number of ether oxygens (including phenoxy) is 1. The number of benzene rings is 1. The highest BCUT2D eigenvalue weighted by Gasteiger charge is 2.38. The lowest BCUT2D eigenvalue weighted by Gasteiger charge is -2.46. The molecule has 2 atom stereocenters. The highest BCUT2D eigenvalue weighted by molar-refractivity contribution is 6.30. The number of halogens is 5. The molecule has 6 nitrogen and oxygen atoms in total. The quantitative estimate of drug-likeness (QED) is 0.464. The second-order valence-electron chi connectivity index (χ2n) is 8.66. The molecule has 1 N–H and O–H groups in total. The summed E-state index contributed by atoms with van der Waals surface area (Å²) in [6, 6.07) is 14.0. The van der Waals surface area contributed by atoms with Crippen LogP contribution < -0.4 is 4.90 Å². The number of hydrogen-bond donors (Lipinski definition) is 1. The second-order valence-corrected chi connectivity index (χ2v) is 9.10. The molecule has 0 spiro atoms. The van der Waals surface area contributed by atoms with Gasteiger partial charge in [-0.15, -0.1) is 0 Å². The Balaban J connectivity index is 0.000000429. The first-order valence-electron chi connectivity index (χ1n) is 11.3. The first kappa shape index (κ1) is 27.2. The van der Waals surface area contributed by atoms with Gasteiger partial charge in [0.25, 0.3) is 0 Å². The summed E-state index contributed by atoms with van der Waals surface area (Å²) >= 11 is 6.03. The molecule has 192 valence electrons. The van der Waals surface area contributed by atoms with Gasteiger partial charge in [0.1, 0.15) is 5.82 Å². The number of morpholine rings is 1. The fourth-order valence-corrected chi connectivity index (χ4v) is 4.51. The van der Waals surface area contributed by atoms with Crippen LogP contribution in [-0.2, 0) is 16.0 Å². The topological polar surface area (TPSA) is 65.9 Å². The summed E-state index contributed by atoms with van der Waals surface area (Å²) in [5.41, 5.74) is 1.29. The maximum absolute atomic E-state index is 13.4. The molecule has 35 heavy (non-hydrogen) atoms. The number of alkyl halides is 3. The first-order chi connectivity index (χ1) is 16.5. The van der Waals surface area contributed by atoms with Gasteiger partial charge in [-0.25, -0.2) is 9.78 Å². The van der Waals surface area contributed by atoms with Crippen LogP contribution in [0.5, 0.6) is 0 Å². The molecule has 0 aliphatic carbocycles. The predicted molar refractivity (Wildman–Crippen MR) is 124 cm³/mol. The lowest BCUT2D eigenvalue weighted by molar-refractivity contribution is -0.192. The van der Waals surface area contributed by atoms with Crippen LogP contribution in [0.4, 0.5) is 23.4 Å². The van der Waals surface area contributed by atoms with Crippen LogP contribution in [0.2, 0.25) is 5.02 Å². The van der Waals surface area contributed by atoms with Crippen molar-refractivity contribution in [2.75, 3.05) is 31.1 Å². The minimum absolute atomic E-state index is 0.254. The SMILES string of the molecule is C[C@H]1CN(C2CCN(c3cccc(F)n3)CC2)[C@@H](Cc2ccc(Cl)cc2)CO1.O=C(O)C(F)(F)F. The molecule has 0 radical (unpaired) electrons. The smallest absolute Gasteiger partial charge is 0.475 e. The molecule has 0 unspecified atom stereocenters. The number of hydrogen-bond acceptors (Lipinski definition) is 5. The van der Waals surface area contributed by atoms with Gasteiger partial charge in [-0.05, 0) is 56.0 Å². The van der Waals surface area contributed by atoms with E-state index in [1.165, 1.54) is 11.6 Å².